The molecule has 1 N–H and O–H groups in total. The molecule has 0 bridgehead atoms. The number of ether oxygens (including phenoxy) is 1. The second kappa shape index (κ2) is 13.2. The Balaban J connectivity index is 1.17. The lowest BCUT2D eigenvalue weighted by molar-refractivity contribution is -0.131. The van der Waals surface area contributed by atoms with Gasteiger partial charge in [0.15, 0.2) is 5.78 Å². The molecule has 2 aliphatic heterocycles. The lowest BCUT2D eigenvalue weighted by Crippen LogP contribution is -2.48. The van der Waals surface area contributed by atoms with E-state index in [4.69, 9.17) is 16.3 Å². The van der Waals surface area contributed by atoms with Crippen LogP contribution in [0.1, 0.15) is 47.2 Å². The maximum absolute atomic E-state index is 14.6. The van der Waals surface area contributed by atoms with E-state index in [2.05, 4.69) is 0 Å². The third kappa shape index (κ3) is 5.42. The Kier molecular flexibility index (Phi) is 8.62. The summed E-state index contributed by atoms with van der Waals surface area (Å²) < 4.78 is 19.8. The minimum absolute atomic E-state index is 0.0970. The van der Waals surface area contributed by atoms with Gasteiger partial charge >= 0.3 is 0 Å². The minimum atomic E-state index is -1.30. The average Bonchev–Trinajstić information content (AvgIpc) is 3.54. The van der Waals surface area contributed by atoms with Crippen LogP contribution in [-0.4, -0.2) is 47.7 Å². The van der Waals surface area contributed by atoms with Gasteiger partial charge in [-0.15, -0.1) is 0 Å². The molecular weight excluding hydrogens is 699 g/mol. The van der Waals surface area contributed by atoms with Crippen molar-refractivity contribution in [1.82, 2.24) is 0 Å². The lowest BCUT2D eigenvalue weighted by atomic mass is 9.51. The zero-order valence-electron chi connectivity index (χ0n) is 28.6. The van der Waals surface area contributed by atoms with Crippen LogP contribution in [0.15, 0.2) is 109 Å². The quantitative estimate of drug-likeness (QED) is 0.125. The molecule has 53 heavy (non-hydrogen) atoms. The normalized spacial score (nSPS) is 26.3. The Hall–Kier alpha value is -5.45. The van der Waals surface area contributed by atoms with Gasteiger partial charge in [0.05, 0.1) is 46.2 Å². The van der Waals surface area contributed by atoms with Gasteiger partial charge in [-0.25, -0.2) is 9.29 Å². The van der Waals surface area contributed by atoms with E-state index in [1.54, 1.807) is 67.6 Å². The molecule has 4 aromatic rings. The van der Waals surface area contributed by atoms with Gasteiger partial charge in [-0.05, 0) is 85.8 Å². The van der Waals surface area contributed by atoms with Gasteiger partial charge in [-0.3, -0.25) is 28.9 Å². The zero-order chi connectivity index (χ0) is 37.2. The fourth-order valence-electron chi connectivity index (χ4n) is 8.96. The zero-order valence-corrected chi connectivity index (χ0v) is 29.3. The number of amides is 4. The van der Waals surface area contributed by atoms with Crippen LogP contribution in [0.4, 0.5) is 15.8 Å². The molecule has 0 spiro atoms. The van der Waals surface area contributed by atoms with Crippen LogP contribution in [0.5, 0.6) is 5.75 Å². The number of allylic oxidation sites excluding steroid dienone is 2. The van der Waals surface area contributed by atoms with Crippen LogP contribution in [0.2, 0.25) is 5.02 Å². The fourth-order valence-corrected chi connectivity index (χ4v) is 9.13. The van der Waals surface area contributed by atoms with E-state index in [9.17, 15) is 33.5 Å². The molecular formula is C42H34ClFN2O7. The highest BCUT2D eigenvalue weighted by atomic mass is 35.5. The van der Waals surface area contributed by atoms with Crippen LogP contribution in [-0.2, 0) is 19.2 Å². The molecule has 2 aliphatic carbocycles. The van der Waals surface area contributed by atoms with Crippen LogP contribution in [0, 0.1) is 34.9 Å². The summed E-state index contributed by atoms with van der Waals surface area (Å²) in [5.41, 5.74) is 1.66. The summed E-state index contributed by atoms with van der Waals surface area (Å²) in [5.74, 6) is -5.62. The van der Waals surface area contributed by atoms with E-state index in [1.165, 1.54) is 17.0 Å². The van der Waals surface area contributed by atoms with Crippen LogP contribution in [0.25, 0.3) is 0 Å². The molecule has 4 aromatic carbocycles. The van der Waals surface area contributed by atoms with Crippen molar-refractivity contribution < 1.29 is 38.2 Å². The molecule has 2 heterocycles. The van der Waals surface area contributed by atoms with Gasteiger partial charge in [-0.1, -0.05) is 65.7 Å². The van der Waals surface area contributed by atoms with E-state index in [-0.39, 0.29) is 48.5 Å². The summed E-state index contributed by atoms with van der Waals surface area (Å²) in [5, 5.41) is 9.00. The maximum Gasteiger partial charge on any atom is 0.241 e. The van der Waals surface area contributed by atoms with Gasteiger partial charge < -0.3 is 9.84 Å². The number of imide groups is 2. The van der Waals surface area contributed by atoms with Crippen LogP contribution >= 0.6 is 11.6 Å². The van der Waals surface area contributed by atoms with Gasteiger partial charge in [-0.2, -0.15) is 0 Å². The van der Waals surface area contributed by atoms with Crippen molar-refractivity contribution in [1.29, 1.82) is 0 Å². The van der Waals surface area contributed by atoms with E-state index in [1.807, 2.05) is 24.3 Å². The van der Waals surface area contributed by atoms with Crippen molar-refractivity contribution in [3.63, 3.8) is 0 Å². The summed E-state index contributed by atoms with van der Waals surface area (Å²) in [6, 6.07) is 26.0. The first-order valence-electron chi connectivity index (χ1n) is 17.5. The van der Waals surface area contributed by atoms with Crippen molar-refractivity contribution in [2.45, 2.75) is 25.7 Å². The third-order valence-corrected chi connectivity index (χ3v) is 11.7. The predicted octanol–water partition coefficient (Wildman–Crippen LogP) is 6.52. The molecule has 1 saturated carbocycles. The second-order valence-electron chi connectivity index (χ2n) is 14.2. The first kappa shape index (κ1) is 34.6. The van der Waals surface area contributed by atoms with Crippen molar-refractivity contribution in [2.75, 3.05) is 23.0 Å². The number of aliphatic hydroxyl groups excluding tert-OH is 1. The number of aliphatic hydroxyl groups is 1. The number of carbonyl (C=O) groups excluding carboxylic acids is 5. The Labute approximate surface area is 309 Å². The Morgan fingerprint density at radius 1 is 0.849 bits per heavy atom. The third-order valence-electron chi connectivity index (χ3n) is 11.4. The summed E-state index contributed by atoms with van der Waals surface area (Å²) in [4.78, 5) is 72.8. The molecule has 4 aliphatic rings. The number of anilines is 2. The topological polar surface area (TPSA) is 121 Å². The van der Waals surface area contributed by atoms with Gasteiger partial charge in [0.1, 0.15) is 18.2 Å². The summed E-state index contributed by atoms with van der Waals surface area (Å²) in [7, 11) is 0. The van der Waals surface area contributed by atoms with Crippen molar-refractivity contribution in [2.24, 2.45) is 29.1 Å². The molecule has 2 saturated heterocycles. The highest BCUT2D eigenvalue weighted by Gasteiger charge is 2.67. The Morgan fingerprint density at radius 3 is 2.21 bits per heavy atom. The molecule has 3 fully saturated rings. The average molecular weight is 733 g/mol. The molecule has 268 valence electrons. The molecule has 0 radical (unpaired) electrons. The maximum atomic E-state index is 14.6. The molecule has 8 rings (SSSR count). The number of rotatable bonds is 8. The summed E-state index contributed by atoms with van der Waals surface area (Å²) >= 11 is 6.11. The van der Waals surface area contributed by atoms with E-state index in [0.29, 0.717) is 22.6 Å². The largest absolute Gasteiger partial charge is 0.491 e. The fraction of sp³-hybridized carbons (Fsp3) is 0.262. The summed E-state index contributed by atoms with van der Waals surface area (Å²) in [6.07, 6.45) is 2.36. The number of halogens is 2. The molecule has 4 amide bonds. The van der Waals surface area contributed by atoms with Crippen LogP contribution in [0.3, 0.4) is 0 Å². The van der Waals surface area contributed by atoms with Crippen molar-refractivity contribution in [3.8, 4) is 5.75 Å². The van der Waals surface area contributed by atoms with Crippen molar-refractivity contribution >= 4 is 52.4 Å². The predicted molar refractivity (Wildman–Crippen MR) is 194 cm³/mol. The molecule has 9 nitrogen and oxygen atoms in total. The first-order chi connectivity index (χ1) is 25.5. The number of hydrogen-bond acceptors (Lipinski definition) is 7. The first-order valence-corrected chi connectivity index (χ1v) is 17.9. The molecule has 11 heteroatoms. The number of ketones is 1. The lowest BCUT2D eigenvalue weighted by Gasteiger charge is -2.49. The Morgan fingerprint density at radius 2 is 1.53 bits per heavy atom. The van der Waals surface area contributed by atoms with Gasteiger partial charge in [0.2, 0.25) is 23.6 Å². The number of hydrogen-bond donors (Lipinski definition) is 1. The van der Waals surface area contributed by atoms with E-state index in [0.717, 1.165) is 22.1 Å². The SMILES string of the molecule is CC12C(=O)N(c3ccc(F)c(Cl)c3)C(=O)C1CC1C(=CCC3C(=O)N(c4ccc(C(=O)c5ccccc5)cc4)C(=O)C31)C2c1ccc(OCCO)cc1. The standard InChI is InChI=1S/C42H34ClFN2O7/c1-42-32(39(50)46(41(42)52)27-13-18-34(44)33(43)21-27)22-31-29(36(42)23-9-14-28(15-10-23)53-20-19-47)16-17-30-35(31)40(51)45(38(30)49)26-11-7-25(8-12-26)37(48)24-5-3-2-4-6-24/h2-16,18,21,30-32,35-36,47H,17,19-20,22H2,1H3. The number of nitrogens with zero attached hydrogens (tertiary/aromatic N) is 2. The molecule has 6 unspecified atom stereocenters. The highest BCUT2D eigenvalue weighted by molar-refractivity contribution is 6.32. The van der Waals surface area contributed by atoms with Gasteiger partial charge in [0.25, 0.3) is 0 Å². The molecule has 0 aromatic heterocycles. The molecule has 6 atom stereocenters. The van der Waals surface area contributed by atoms with Crippen LogP contribution < -0.4 is 14.5 Å². The summed E-state index contributed by atoms with van der Waals surface area (Å²) in [6.45, 7) is 1.69. The van der Waals surface area contributed by atoms with E-state index < -0.39 is 58.5 Å². The number of benzene rings is 4. The van der Waals surface area contributed by atoms with Gasteiger partial charge in [0, 0.05) is 17.0 Å². The van der Waals surface area contributed by atoms with Crippen molar-refractivity contribution in [3.05, 3.63) is 136 Å². The highest BCUT2D eigenvalue weighted by Crippen LogP contribution is 2.63. The monoisotopic (exact) mass is 732 g/mol. The smallest absolute Gasteiger partial charge is 0.241 e. The number of carbonyl (C=O) groups is 5. The number of fused-ring (bicyclic) bond motifs is 4. The van der Waals surface area contributed by atoms with E-state index >= 15 is 0 Å². The minimum Gasteiger partial charge on any atom is -0.491 e. The second-order valence-corrected chi connectivity index (χ2v) is 14.6. The Bertz CT molecular complexity index is 2210.